The molecule has 5 atom stereocenters. The fraction of sp³-hybridized carbons (Fsp3) is 0.212. The predicted molar refractivity (Wildman–Crippen MR) is 244 cm³/mol. The molecule has 11 heteroatoms. The number of methoxy groups -OCH3 is 2. The average molecular weight is 839 g/mol. The fourth-order valence-electron chi connectivity index (χ4n) is 9.53. The minimum Gasteiger partial charge on any atom is -0.497 e. The maximum Gasteiger partial charge on any atom is 0.167 e. The second kappa shape index (κ2) is 17.5. The summed E-state index contributed by atoms with van der Waals surface area (Å²) in [5.41, 5.74) is 4.31. The number of anilines is 1. The second-order valence-corrected chi connectivity index (χ2v) is 16.0. The molecule has 318 valence electrons. The minimum absolute atomic E-state index is 0.446. The summed E-state index contributed by atoms with van der Waals surface area (Å²) >= 11 is 0. The fourth-order valence-corrected chi connectivity index (χ4v) is 9.53. The van der Waals surface area contributed by atoms with Crippen LogP contribution in [0.5, 0.6) is 11.5 Å². The summed E-state index contributed by atoms with van der Waals surface area (Å²) < 4.78 is 19.9. The Balaban J connectivity index is 1.16. The lowest BCUT2D eigenvalue weighted by Crippen LogP contribution is -2.55. The summed E-state index contributed by atoms with van der Waals surface area (Å²) in [6.45, 7) is 0. The van der Waals surface area contributed by atoms with Crippen molar-refractivity contribution in [2.24, 2.45) is 0 Å². The van der Waals surface area contributed by atoms with E-state index >= 15 is 0 Å². The van der Waals surface area contributed by atoms with Crippen molar-refractivity contribution < 1.29 is 24.4 Å². The van der Waals surface area contributed by atoms with Gasteiger partial charge in [-0.05, 0) is 71.7 Å². The number of hydrogen-bond donors (Lipinski definition) is 3. The van der Waals surface area contributed by atoms with E-state index in [1.165, 1.54) is 6.33 Å². The molecule has 0 bridgehead atoms. The Bertz CT molecular complexity index is 2660. The normalized spacial score (nSPS) is 18.3. The van der Waals surface area contributed by atoms with Gasteiger partial charge < -0.3 is 34.6 Å². The predicted octanol–water partition coefficient (Wildman–Crippen LogP) is 7.83. The van der Waals surface area contributed by atoms with Crippen LogP contribution in [0.3, 0.4) is 0 Å². The van der Waals surface area contributed by atoms with E-state index in [9.17, 15) is 10.2 Å². The van der Waals surface area contributed by atoms with Gasteiger partial charge in [-0.1, -0.05) is 146 Å². The van der Waals surface area contributed by atoms with Gasteiger partial charge in [0.25, 0.3) is 0 Å². The third-order valence-corrected chi connectivity index (χ3v) is 12.5. The van der Waals surface area contributed by atoms with Gasteiger partial charge in [0.1, 0.15) is 35.6 Å². The summed E-state index contributed by atoms with van der Waals surface area (Å²) in [5.74, 6) is 1.90. The molecule has 1 aliphatic heterocycles. The molecule has 0 aliphatic carbocycles. The SMILES string of the molecule is COc1ccc(C(Nc2ncnc3c2ncn3[C@@H]2O[C@H](C(O)C(c3ccccc3)(c3ccccc3)c3ccc(OC)cc3)C(N(C)C)[C@H]2O)(c2ccccc2)c2ccccc2)cc1. The molecule has 6 aromatic carbocycles. The highest BCUT2D eigenvalue weighted by Crippen LogP contribution is 2.48. The smallest absolute Gasteiger partial charge is 0.167 e. The maximum atomic E-state index is 13.3. The Kier molecular flexibility index (Phi) is 11.5. The number of nitrogens with one attached hydrogen (secondary N) is 1. The van der Waals surface area contributed by atoms with Gasteiger partial charge >= 0.3 is 0 Å². The van der Waals surface area contributed by atoms with Crippen molar-refractivity contribution >= 4 is 17.0 Å². The summed E-state index contributed by atoms with van der Waals surface area (Å²) in [6, 6.07) is 55.5. The second-order valence-electron chi connectivity index (χ2n) is 16.0. The highest BCUT2D eigenvalue weighted by atomic mass is 16.5. The van der Waals surface area contributed by atoms with Gasteiger partial charge in [0, 0.05) is 0 Å². The molecule has 0 spiro atoms. The Labute approximate surface area is 367 Å². The van der Waals surface area contributed by atoms with Gasteiger partial charge in [-0.3, -0.25) is 4.57 Å². The van der Waals surface area contributed by atoms with Gasteiger partial charge in [-0.2, -0.15) is 0 Å². The van der Waals surface area contributed by atoms with Crippen molar-refractivity contribution in [1.29, 1.82) is 0 Å². The van der Waals surface area contributed by atoms with Gasteiger partial charge in [-0.15, -0.1) is 0 Å². The molecule has 2 unspecified atom stereocenters. The van der Waals surface area contributed by atoms with E-state index < -0.39 is 41.5 Å². The van der Waals surface area contributed by atoms with Gasteiger partial charge in [-0.25, -0.2) is 15.0 Å². The number of hydrogen-bond acceptors (Lipinski definition) is 10. The molecule has 11 nitrogen and oxygen atoms in total. The van der Waals surface area contributed by atoms with E-state index in [0.29, 0.717) is 22.7 Å². The summed E-state index contributed by atoms with van der Waals surface area (Å²) in [7, 11) is 7.07. The first-order chi connectivity index (χ1) is 30.8. The molecule has 0 radical (unpaired) electrons. The maximum absolute atomic E-state index is 13.3. The molecule has 63 heavy (non-hydrogen) atoms. The highest BCUT2D eigenvalue weighted by Gasteiger charge is 2.56. The number of aromatic nitrogens is 4. The number of fused-ring (bicyclic) bond motifs is 1. The third kappa shape index (κ3) is 7.18. The van der Waals surface area contributed by atoms with Crippen LogP contribution in [0.2, 0.25) is 0 Å². The van der Waals surface area contributed by atoms with Crippen molar-refractivity contribution in [3.8, 4) is 11.5 Å². The largest absolute Gasteiger partial charge is 0.497 e. The van der Waals surface area contributed by atoms with Crippen molar-refractivity contribution in [2.45, 2.75) is 41.5 Å². The topological polar surface area (TPSA) is 127 Å². The molecular formula is C52H50N6O5. The van der Waals surface area contributed by atoms with Crippen LogP contribution in [0.25, 0.3) is 11.2 Å². The number of nitrogens with zero attached hydrogens (tertiary/aromatic N) is 5. The zero-order valence-corrected chi connectivity index (χ0v) is 35.6. The van der Waals surface area contributed by atoms with Crippen LogP contribution in [0.1, 0.15) is 39.6 Å². The van der Waals surface area contributed by atoms with Crippen molar-refractivity contribution in [3.63, 3.8) is 0 Å². The molecule has 1 saturated heterocycles. The lowest BCUT2D eigenvalue weighted by atomic mass is 9.64. The van der Waals surface area contributed by atoms with E-state index in [4.69, 9.17) is 29.2 Å². The van der Waals surface area contributed by atoms with Crippen LogP contribution in [0.4, 0.5) is 5.82 Å². The lowest BCUT2D eigenvalue weighted by molar-refractivity contribution is -0.0907. The molecule has 3 heterocycles. The number of aliphatic hydroxyl groups excluding tert-OH is 2. The minimum atomic E-state index is -1.22. The molecule has 0 saturated carbocycles. The molecule has 3 N–H and O–H groups in total. The molecule has 2 aromatic heterocycles. The number of rotatable bonds is 14. The van der Waals surface area contributed by atoms with Gasteiger partial charge in [0.15, 0.2) is 23.2 Å². The van der Waals surface area contributed by atoms with Crippen molar-refractivity contribution in [3.05, 3.63) is 216 Å². The van der Waals surface area contributed by atoms with Gasteiger partial charge in [0.05, 0.1) is 38.1 Å². The molecule has 1 aliphatic rings. The first kappa shape index (κ1) is 41.5. The van der Waals surface area contributed by atoms with Crippen LogP contribution in [-0.2, 0) is 15.7 Å². The molecule has 8 aromatic rings. The molecular weight excluding hydrogens is 789 g/mol. The highest BCUT2D eigenvalue weighted by molar-refractivity contribution is 5.84. The van der Waals surface area contributed by atoms with Crippen LogP contribution in [0, 0.1) is 0 Å². The lowest BCUT2D eigenvalue weighted by Gasteiger charge is -2.44. The average Bonchev–Trinajstić information content (AvgIpc) is 3.93. The van der Waals surface area contributed by atoms with Crippen molar-refractivity contribution in [1.82, 2.24) is 24.4 Å². The standard InChI is InChI=1S/C52H50N6O5/c1-57(2)44-45(59)50(63-46(44)47(60)51(35-17-9-5-10-18-35,36-19-11-6-12-20-36)37-25-29-41(61-3)30-26-37)58-34-55-43-48(53-33-54-49(43)58)56-52(38-21-13-7-14-22-38,39-23-15-8-16-24-39)40-27-31-42(62-4)32-28-40/h5-34,44-47,50,59-60H,1-4H3,(H,53,54,56)/t44?,45-,46+,47?,50-/m1/s1. The number of aliphatic hydroxyl groups is 2. The Hall–Kier alpha value is -6.89. The number of ether oxygens (including phenoxy) is 3. The Morgan fingerprint density at radius 2 is 1.06 bits per heavy atom. The zero-order valence-electron chi connectivity index (χ0n) is 35.6. The zero-order chi connectivity index (χ0) is 43.6. The number of likely N-dealkylation sites (N-methyl/N-ethyl adjacent to an activating group) is 1. The van der Waals surface area contributed by atoms with Crippen LogP contribution >= 0.6 is 0 Å². The third-order valence-electron chi connectivity index (χ3n) is 12.5. The molecule has 0 amide bonds. The monoisotopic (exact) mass is 838 g/mol. The van der Waals surface area contributed by atoms with E-state index in [-0.39, 0.29) is 0 Å². The Morgan fingerprint density at radius 3 is 1.54 bits per heavy atom. The summed E-state index contributed by atoms with van der Waals surface area (Å²) in [4.78, 5) is 16.4. The summed E-state index contributed by atoms with van der Waals surface area (Å²) in [5, 5.41) is 29.6. The van der Waals surface area contributed by atoms with E-state index in [1.807, 2.05) is 152 Å². The van der Waals surface area contributed by atoms with E-state index in [2.05, 4.69) is 41.7 Å². The molecule has 1 fully saturated rings. The first-order valence-corrected chi connectivity index (χ1v) is 21.0. The van der Waals surface area contributed by atoms with Crippen LogP contribution < -0.4 is 14.8 Å². The quantitative estimate of drug-likeness (QED) is 0.0934. The number of imidazole rings is 1. The van der Waals surface area contributed by atoms with Crippen LogP contribution in [0.15, 0.2) is 183 Å². The van der Waals surface area contributed by atoms with E-state index in [1.54, 1.807) is 25.1 Å². The van der Waals surface area contributed by atoms with Crippen molar-refractivity contribution in [2.75, 3.05) is 33.6 Å². The van der Waals surface area contributed by atoms with Gasteiger partial charge in [0.2, 0.25) is 0 Å². The number of benzene rings is 6. The Morgan fingerprint density at radius 1 is 0.619 bits per heavy atom. The summed E-state index contributed by atoms with van der Waals surface area (Å²) in [6.07, 6.45) is -1.11. The first-order valence-electron chi connectivity index (χ1n) is 21.0. The molecule has 9 rings (SSSR count). The van der Waals surface area contributed by atoms with E-state index in [0.717, 1.165) is 39.1 Å². The van der Waals surface area contributed by atoms with Crippen LogP contribution in [-0.4, -0.2) is 87.3 Å².